The SMILES string of the molecule is COc1cc(/C=N/NC(=O)COc2cc(C)ccc2C(C)C)cc(Br)c1OCc1ccccc1. The predicted molar refractivity (Wildman–Crippen MR) is 138 cm³/mol. The van der Waals surface area contributed by atoms with Gasteiger partial charge in [-0.05, 0) is 69.2 Å². The largest absolute Gasteiger partial charge is 0.493 e. The van der Waals surface area contributed by atoms with Crippen molar-refractivity contribution in [3.8, 4) is 17.2 Å². The molecular weight excluding hydrogens is 496 g/mol. The maximum absolute atomic E-state index is 12.2. The number of aryl methyl sites for hydroxylation is 1. The van der Waals surface area contributed by atoms with Gasteiger partial charge in [0.15, 0.2) is 18.1 Å². The molecule has 0 unspecified atom stereocenters. The maximum Gasteiger partial charge on any atom is 0.277 e. The molecule has 7 heteroatoms. The fourth-order valence-electron chi connectivity index (χ4n) is 3.28. The Labute approximate surface area is 209 Å². The summed E-state index contributed by atoms with van der Waals surface area (Å²) in [6.45, 7) is 6.46. The Morgan fingerprint density at radius 3 is 2.53 bits per heavy atom. The Morgan fingerprint density at radius 2 is 1.82 bits per heavy atom. The summed E-state index contributed by atoms with van der Waals surface area (Å²) in [6, 6.07) is 19.5. The Hall–Kier alpha value is -3.32. The first-order valence-electron chi connectivity index (χ1n) is 11.0. The summed E-state index contributed by atoms with van der Waals surface area (Å²) >= 11 is 3.53. The van der Waals surface area contributed by atoms with Gasteiger partial charge in [0.05, 0.1) is 17.8 Å². The first-order valence-corrected chi connectivity index (χ1v) is 11.8. The van der Waals surface area contributed by atoms with Crippen molar-refractivity contribution in [1.29, 1.82) is 0 Å². The molecule has 3 aromatic rings. The van der Waals surface area contributed by atoms with E-state index in [4.69, 9.17) is 14.2 Å². The van der Waals surface area contributed by atoms with Gasteiger partial charge in [-0.25, -0.2) is 5.43 Å². The summed E-state index contributed by atoms with van der Waals surface area (Å²) in [6.07, 6.45) is 1.54. The lowest BCUT2D eigenvalue weighted by Crippen LogP contribution is -2.25. The summed E-state index contributed by atoms with van der Waals surface area (Å²) in [4.78, 5) is 12.2. The molecular formula is C27H29BrN2O4. The lowest BCUT2D eigenvalue weighted by molar-refractivity contribution is -0.123. The normalized spacial score (nSPS) is 11.0. The molecule has 1 N–H and O–H groups in total. The second-order valence-corrected chi connectivity index (χ2v) is 8.94. The molecule has 3 rings (SSSR count). The van der Waals surface area contributed by atoms with Crippen LogP contribution in [0.5, 0.6) is 17.2 Å². The maximum atomic E-state index is 12.2. The van der Waals surface area contributed by atoms with Crippen molar-refractivity contribution >= 4 is 28.1 Å². The van der Waals surface area contributed by atoms with E-state index in [1.807, 2.05) is 61.5 Å². The van der Waals surface area contributed by atoms with Gasteiger partial charge in [-0.2, -0.15) is 5.10 Å². The highest BCUT2D eigenvalue weighted by Gasteiger charge is 2.12. The molecule has 0 aliphatic rings. The number of benzene rings is 3. The number of hydrazone groups is 1. The molecule has 0 atom stereocenters. The van der Waals surface area contributed by atoms with Crippen LogP contribution in [0, 0.1) is 6.92 Å². The summed E-state index contributed by atoms with van der Waals surface area (Å²) in [5.74, 6) is 1.82. The number of hydrogen-bond acceptors (Lipinski definition) is 5. The Morgan fingerprint density at radius 1 is 1.06 bits per heavy atom. The van der Waals surface area contributed by atoms with Crippen molar-refractivity contribution in [2.24, 2.45) is 5.10 Å². The zero-order chi connectivity index (χ0) is 24.5. The third kappa shape index (κ3) is 7.09. The van der Waals surface area contributed by atoms with Gasteiger partial charge in [0.2, 0.25) is 0 Å². The van der Waals surface area contributed by atoms with Crippen LogP contribution in [0.25, 0.3) is 0 Å². The summed E-state index contributed by atoms with van der Waals surface area (Å²) in [5, 5.41) is 4.05. The van der Waals surface area contributed by atoms with Crippen LogP contribution in [0.2, 0.25) is 0 Å². The second kappa shape index (κ2) is 12.2. The molecule has 0 heterocycles. The third-order valence-electron chi connectivity index (χ3n) is 5.03. The molecule has 0 radical (unpaired) electrons. The Kier molecular flexibility index (Phi) is 9.10. The van der Waals surface area contributed by atoms with E-state index in [0.29, 0.717) is 29.8 Å². The minimum Gasteiger partial charge on any atom is -0.493 e. The minimum absolute atomic E-state index is 0.125. The van der Waals surface area contributed by atoms with Crippen LogP contribution < -0.4 is 19.6 Å². The number of nitrogens with one attached hydrogen (secondary N) is 1. The van der Waals surface area contributed by atoms with Crippen molar-refractivity contribution in [1.82, 2.24) is 5.43 Å². The quantitative estimate of drug-likeness (QED) is 0.261. The van der Waals surface area contributed by atoms with Gasteiger partial charge in [-0.3, -0.25) is 4.79 Å². The Balaban J connectivity index is 1.59. The van der Waals surface area contributed by atoms with Gasteiger partial charge in [-0.15, -0.1) is 0 Å². The summed E-state index contributed by atoms with van der Waals surface area (Å²) in [5.41, 5.74) is 6.43. The van der Waals surface area contributed by atoms with Crippen LogP contribution in [0.3, 0.4) is 0 Å². The zero-order valence-corrected chi connectivity index (χ0v) is 21.4. The fraction of sp³-hybridized carbons (Fsp3) is 0.259. The van der Waals surface area contributed by atoms with Crippen LogP contribution in [-0.2, 0) is 11.4 Å². The number of rotatable bonds is 10. The van der Waals surface area contributed by atoms with E-state index >= 15 is 0 Å². The average molecular weight is 525 g/mol. The first-order chi connectivity index (χ1) is 16.4. The smallest absolute Gasteiger partial charge is 0.277 e. The monoisotopic (exact) mass is 524 g/mol. The van der Waals surface area contributed by atoms with E-state index in [-0.39, 0.29) is 12.5 Å². The highest BCUT2D eigenvalue weighted by Crippen LogP contribution is 2.37. The number of carbonyl (C=O) groups excluding carboxylic acids is 1. The fourth-order valence-corrected chi connectivity index (χ4v) is 3.86. The molecule has 0 aliphatic heterocycles. The van der Waals surface area contributed by atoms with E-state index in [0.717, 1.165) is 26.7 Å². The van der Waals surface area contributed by atoms with E-state index in [1.165, 1.54) is 0 Å². The third-order valence-corrected chi connectivity index (χ3v) is 5.62. The van der Waals surface area contributed by atoms with Gasteiger partial charge >= 0.3 is 0 Å². The summed E-state index contributed by atoms with van der Waals surface area (Å²) in [7, 11) is 1.58. The Bertz CT molecular complexity index is 1150. The lowest BCUT2D eigenvalue weighted by atomic mass is 10.0. The van der Waals surface area contributed by atoms with E-state index in [9.17, 15) is 4.79 Å². The van der Waals surface area contributed by atoms with Crippen molar-refractivity contribution in [3.63, 3.8) is 0 Å². The minimum atomic E-state index is -0.346. The number of amides is 1. The van der Waals surface area contributed by atoms with Crippen LogP contribution in [0.1, 0.15) is 42.0 Å². The average Bonchev–Trinajstić information content (AvgIpc) is 2.82. The topological polar surface area (TPSA) is 69.2 Å². The first kappa shape index (κ1) is 25.3. The van der Waals surface area contributed by atoms with Crippen LogP contribution >= 0.6 is 15.9 Å². The lowest BCUT2D eigenvalue weighted by Gasteiger charge is -2.14. The number of ether oxygens (including phenoxy) is 3. The van der Waals surface area contributed by atoms with E-state index in [2.05, 4.69) is 40.3 Å². The van der Waals surface area contributed by atoms with Gasteiger partial charge in [-0.1, -0.05) is 56.3 Å². The van der Waals surface area contributed by atoms with Gasteiger partial charge in [0.25, 0.3) is 5.91 Å². The molecule has 0 aliphatic carbocycles. The van der Waals surface area contributed by atoms with Crippen LogP contribution in [0.4, 0.5) is 0 Å². The van der Waals surface area contributed by atoms with Crippen molar-refractivity contribution in [2.75, 3.05) is 13.7 Å². The molecule has 34 heavy (non-hydrogen) atoms. The highest BCUT2D eigenvalue weighted by atomic mass is 79.9. The predicted octanol–water partition coefficient (Wildman–Crippen LogP) is 6.00. The molecule has 0 bridgehead atoms. The number of carbonyl (C=O) groups is 1. The molecule has 3 aromatic carbocycles. The molecule has 6 nitrogen and oxygen atoms in total. The van der Waals surface area contributed by atoms with E-state index < -0.39 is 0 Å². The van der Waals surface area contributed by atoms with Crippen molar-refractivity contribution in [2.45, 2.75) is 33.3 Å². The molecule has 178 valence electrons. The molecule has 1 amide bonds. The highest BCUT2D eigenvalue weighted by molar-refractivity contribution is 9.10. The molecule has 0 aromatic heterocycles. The number of nitrogens with zero attached hydrogens (tertiary/aromatic N) is 1. The van der Waals surface area contributed by atoms with Crippen molar-refractivity contribution in [3.05, 3.63) is 87.4 Å². The van der Waals surface area contributed by atoms with Gasteiger partial charge in [0.1, 0.15) is 12.4 Å². The summed E-state index contributed by atoms with van der Waals surface area (Å²) < 4.78 is 17.9. The number of hydrogen-bond donors (Lipinski definition) is 1. The van der Waals surface area contributed by atoms with Gasteiger partial charge in [0, 0.05) is 0 Å². The molecule has 0 spiro atoms. The van der Waals surface area contributed by atoms with Crippen LogP contribution in [0.15, 0.2) is 70.2 Å². The van der Waals surface area contributed by atoms with Gasteiger partial charge < -0.3 is 14.2 Å². The zero-order valence-electron chi connectivity index (χ0n) is 19.8. The molecule has 0 saturated carbocycles. The van der Waals surface area contributed by atoms with Crippen LogP contribution in [-0.4, -0.2) is 25.8 Å². The molecule has 0 saturated heterocycles. The molecule has 0 fully saturated rings. The number of methoxy groups -OCH3 is 1. The number of halogens is 1. The van der Waals surface area contributed by atoms with Crippen molar-refractivity contribution < 1.29 is 19.0 Å². The van der Waals surface area contributed by atoms with E-state index in [1.54, 1.807) is 19.4 Å². The standard InChI is InChI=1S/C27H29BrN2O4/c1-18(2)22-11-10-19(3)12-24(22)33-17-26(31)30-29-15-21-13-23(28)27(25(14-21)32-4)34-16-20-8-6-5-7-9-20/h5-15,18H,16-17H2,1-4H3,(H,30,31)/b29-15+. The second-order valence-electron chi connectivity index (χ2n) is 8.09.